The van der Waals surface area contributed by atoms with Gasteiger partial charge in [0.2, 0.25) is 0 Å². The quantitative estimate of drug-likeness (QED) is 0.414. The summed E-state index contributed by atoms with van der Waals surface area (Å²) >= 11 is 0. The standard InChI is InChI=1S/C24H20FN3O6/c1-31-23-27-28(24(30)34-23)19-11-12-20(26-22(29)33-15-16-5-3-2-4-6-16)21(13-19)32-14-17-7-9-18(25)10-8-17/h2-13H,14-15H2,1H3,(H,26,29). The summed E-state index contributed by atoms with van der Waals surface area (Å²) in [5.41, 5.74) is 2.15. The summed E-state index contributed by atoms with van der Waals surface area (Å²) < 4.78 is 35.0. The van der Waals surface area contributed by atoms with Gasteiger partial charge in [-0.1, -0.05) is 47.6 Å². The zero-order valence-electron chi connectivity index (χ0n) is 18.1. The molecular formula is C24H20FN3O6. The summed E-state index contributed by atoms with van der Waals surface area (Å²) in [4.78, 5) is 24.5. The van der Waals surface area contributed by atoms with E-state index in [1.807, 2.05) is 30.3 Å². The van der Waals surface area contributed by atoms with E-state index in [9.17, 15) is 14.0 Å². The summed E-state index contributed by atoms with van der Waals surface area (Å²) in [5.74, 6) is -0.898. The van der Waals surface area contributed by atoms with Crippen molar-refractivity contribution in [1.29, 1.82) is 0 Å². The van der Waals surface area contributed by atoms with Crippen LogP contribution in [0.15, 0.2) is 82.0 Å². The molecule has 4 rings (SSSR count). The Hall–Kier alpha value is -4.60. The molecule has 0 bridgehead atoms. The molecule has 1 amide bonds. The fourth-order valence-electron chi connectivity index (χ4n) is 2.98. The van der Waals surface area contributed by atoms with Gasteiger partial charge >= 0.3 is 17.9 Å². The number of methoxy groups -OCH3 is 1. The van der Waals surface area contributed by atoms with Gasteiger partial charge in [-0.2, -0.15) is 4.68 Å². The molecule has 0 atom stereocenters. The monoisotopic (exact) mass is 465 g/mol. The Kier molecular flexibility index (Phi) is 6.87. The normalized spacial score (nSPS) is 10.5. The van der Waals surface area contributed by atoms with Crippen molar-refractivity contribution < 1.29 is 27.8 Å². The lowest BCUT2D eigenvalue weighted by atomic mass is 10.2. The predicted octanol–water partition coefficient (Wildman–Crippen LogP) is 4.30. The smallest absolute Gasteiger partial charge is 0.444 e. The maximum atomic E-state index is 13.2. The van der Waals surface area contributed by atoms with Gasteiger partial charge in [0.05, 0.1) is 18.5 Å². The van der Waals surface area contributed by atoms with Gasteiger partial charge in [-0.05, 0) is 35.4 Å². The zero-order valence-corrected chi connectivity index (χ0v) is 18.1. The van der Waals surface area contributed by atoms with E-state index in [4.69, 9.17) is 18.6 Å². The number of benzene rings is 3. The summed E-state index contributed by atoms with van der Waals surface area (Å²) in [7, 11) is 1.32. The number of nitrogens with zero attached hydrogens (tertiary/aromatic N) is 2. The van der Waals surface area contributed by atoms with Crippen molar-refractivity contribution in [3.05, 3.63) is 100 Å². The van der Waals surface area contributed by atoms with Crippen LogP contribution in [-0.2, 0) is 18.0 Å². The van der Waals surface area contributed by atoms with Gasteiger partial charge in [0.15, 0.2) is 0 Å². The predicted molar refractivity (Wildman–Crippen MR) is 120 cm³/mol. The van der Waals surface area contributed by atoms with E-state index in [0.29, 0.717) is 16.9 Å². The van der Waals surface area contributed by atoms with Gasteiger partial charge in [0.1, 0.15) is 24.8 Å². The van der Waals surface area contributed by atoms with Crippen LogP contribution in [0.1, 0.15) is 11.1 Å². The average molecular weight is 465 g/mol. The van der Waals surface area contributed by atoms with Gasteiger partial charge in [-0.15, -0.1) is 0 Å². The first-order valence-electron chi connectivity index (χ1n) is 10.2. The molecule has 1 N–H and O–H groups in total. The number of halogens is 1. The lowest BCUT2D eigenvalue weighted by Crippen LogP contribution is -2.16. The van der Waals surface area contributed by atoms with Gasteiger partial charge in [-0.3, -0.25) is 5.32 Å². The second-order valence-corrected chi connectivity index (χ2v) is 7.03. The summed E-state index contributed by atoms with van der Waals surface area (Å²) in [5, 5.41) is 6.56. The molecule has 0 aliphatic rings. The molecule has 4 aromatic rings. The third kappa shape index (κ3) is 5.60. The first-order valence-corrected chi connectivity index (χ1v) is 10.2. The Labute approximate surface area is 193 Å². The summed E-state index contributed by atoms with van der Waals surface area (Å²) in [6, 6.07) is 19.6. The second-order valence-electron chi connectivity index (χ2n) is 7.03. The molecule has 0 saturated heterocycles. The number of carbonyl (C=O) groups is 1. The highest BCUT2D eigenvalue weighted by Gasteiger charge is 2.15. The van der Waals surface area contributed by atoms with Crippen molar-refractivity contribution in [2.24, 2.45) is 0 Å². The van der Waals surface area contributed by atoms with Crippen LogP contribution in [0.4, 0.5) is 14.9 Å². The first-order chi connectivity index (χ1) is 16.5. The van der Waals surface area contributed by atoms with Gasteiger partial charge in [0, 0.05) is 6.07 Å². The molecule has 0 radical (unpaired) electrons. The number of hydrogen-bond donors (Lipinski definition) is 1. The molecule has 9 nitrogen and oxygen atoms in total. The molecule has 0 saturated carbocycles. The van der Waals surface area contributed by atoms with Crippen molar-refractivity contribution in [2.45, 2.75) is 13.2 Å². The van der Waals surface area contributed by atoms with E-state index in [-0.39, 0.29) is 30.9 Å². The maximum absolute atomic E-state index is 13.2. The van der Waals surface area contributed by atoms with Crippen molar-refractivity contribution in [3.8, 4) is 17.5 Å². The largest absolute Gasteiger partial charge is 0.487 e. The zero-order chi connectivity index (χ0) is 23.9. The Bertz CT molecular complexity index is 1320. The molecular weight excluding hydrogens is 445 g/mol. The van der Waals surface area contributed by atoms with Gasteiger partial charge in [-0.25, -0.2) is 14.0 Å². The minimum atomic E-state index is -0.760. The Balaban J connectivity index is 1.55. The van der Waals surface area contributed by atoms with E-state index in [0.717, 1.165) is 10.2 Å². The Morgan fingerprint density at radius 1 is 1.03 bits per heavy atom. The van der Waals surface area contributed by atoms with Crippen LogP contribution in [0.2, 0.25) is 0 Å². The molecule has 0 aliphatic heterocycles. The van der Waals surface area contributed by atoms with E-state index in [1.54, 1.807) is 18.2 Å². The van der Waals surface area contributed by atoms with Gasteiger partial charge < -0.3 is 18.6 Å². The first kappa shape index (κ1) is 22.6. The number of aromatic nitrogens is 2. The van der Waals surface area contributed by atoms with Crippen molar-refractivity contribution in [1.82, 2.24) is 9.78 Å². The number of amides is 1. The lowest BCUT2D eigenvalue weighted by Gasteiger charge is -2.14. The molecule has 174 valence electrons. The minimum absolute atomic E-state index is 0.0779. The number of nitrogens with one attached hydrogen (secondary N) is 1. The third-order valence-corrected chi connectivity index (χ3v) is 4.67. The topological polar surface area (TPSA) is 105 Å². The van der Waals surface area contributed by atoms with Crippen LogP contribution in [0.25, 0.3) is 5.69 Å². The number of anilines is 1. The highest BCUT2D eigenvalue weighted by molar-refractivity contribution is 5.87. The van der Waals surface area contributed by atoms with Crippen LogP contribution in [0.5, 0.6) is 11.8 Å². The van der Waals surface area contributed by atoms with E-state index in [1.165, 1.54) is 31.4 Å². The van der Waals surface area contributed by atoms with Crippen molar-refractivity contribution in [3.63, 3.8) is 0 Å². The van der Waals surface area contributed by atoms with Crippen LogP contribution < -0.4 is 20.5 Å². The SMILES string of the molecule is COc1nn(-c2ccc(NC(=O)OCc3ccccc3)c(OCc3ccc(F)cc3)c2)c(=O)o1. The van der Waals surface area contributed by atoms with Crippen LogP contribution >= 0.6 is 0 Å². The number of carbonyl (C=O) groups excluding carboxylic acids is 1. The molecule has 1 heterocycles. The molecule has 3 aromatic carbocycles. The van der Waals surface area contributed by atoms with E-state index < -0.39 is 11.8 Å². The van der Waals surface area contributed by atoms with Crippen LogP contribution in [0, 0.1) is 5.82 Å². The number of ether oxygens (including phenoxy) is 3. The highest BCUT2D eigenvalue weighted by atomic mass is 19.1. The molecule has 0 fully saturated rings. The van der Waals surface area contributed by atoms with Crippen LogP contribution in [-0.4, -0.2) is 23.0 Å². The average Bonchev–Trinajstić information content (AvgIpc) is 3.24. The fourth-order valence-corrected chi connectivity index (χ4v) is 2.98. The Morgan fingerprint density at radius 2 is 1.76 bits per heavy atom. The third-order valence-electron chi connectivity index (χ3n) is 4.67. The van der Waals surface area contributed by atoms with Crippen molar-refractivity contribution in [2.75, 3.05) is 12.4 Å². The highest BCUT2D eigenvalue weighted by Crippen LogP contribution is 2.28. The van der Waals surface area contributed by atoms with E-state index >= 15 is 0 Å². The van der Waals surface area contributed by atoms with Gasteiger partial charge in [0.25, 0.3) is 0 Å². The molecule has 34 heavy (non-hydrogen) atoms. The number of rotatable bonds is 8. The molecule has 0 unspecified atom stereocenters. The molecule has 0 spiro atoms. The summed E-state index contributed by atoms with van der Waals surface area (Å²) in [6.45, 7) is 0.166. The number of hydrogen-bond acceptors (Lipinski definition) is 7. The van der Waals surface area contributed by atoms with Crippen molar-refractivity contribution >= 4 is 11.8 Å². The second kappa shape index (κ2) is 10.3. The fraction of sp³-hybridized carbons (Fsp3) is 0.125. The Morgan fingerprint density at radius 3 is 2.47 bits per heavy atom. The molecule has 1 aromatic heterocycles. The maximum Gasteiger partial charge on any atom is 0.444 e. The minimum Gasteiger partial charge on any atom is -0.487 e. The summed E-state index contributed by atoms with van der Waals surface area (Å²) in [6.07, 6.45) is -0.894. The van der Waals surface area contributed by atoms with Crippen LogP contribution in [0.3, 0.4) is 0 Å². The molecule has 10 heteroatoms. The lowest BCUT2D eigenvalue weighted by molar-refractivity contribution is 0.155. The van der Waals surface area contributed by atoms with E-state index in [2.05, 4.69) is 10.4 Å². The molecule has 0 aliphatic carbocycles.